The van der Waals surface area contributed by atoms with Gasteiger partial charge in [0.1, 0.15) is 0 Å². The van der Waals surface area contributed by atoms with E-state index in [0.717, 1.165) is 35.0 Å². The summed E-state index contributed by atoms with van der Waals surface area (Å²) in [7, 11) is -3.52. The Bertz CT molecular complexity index is 758. The van der Waals surface area contributed by atoms with Crippen molar-refractivity contribution in [3.05, 3.63) is 58.6 Å². The molecule has 0 saturated heterocycles. The van der Waals surface area contributed by atoms with Crippen molar-refractivity contribution in [3.63, 3.8) is 0 Å². The first-order chi connectivity index (χ1) is 10.1. The summed E-state index contributed by atoms with van der Waals surface area (Å²) in [6.07, 6.45) is 2.82. The van der Waals surface area contributed by atoms with Gasteiger partial charge in [-0.1, -0.05) is 40.2 Å². The molecule has 0 aromatic heterocycles. The third-order valence-electron chi connectivity index (χ3n) is 3.70. The highest BCUT2D eigenvalue weighted by molar-refractivity contribution is 9.10. The second-order valence-corrected chi connectivity index (χ2v) is 7.90. The van der Waals surface area contributed by atoms with Gasteiger partial charge < -0.3 is 0 Å². The topological polar surface area (TPSA) is 37.4 Å². The van der Waals surface area contributed by atoms with Crippen molar-refractivity contribution in [2.45, 2.75) is 24.2 Å². The number of aryl methyl sites for hydroxylation is 1. The van der Waals surface area contributed by atoms with Crippen molar-refractivity contribution < 1.29 is 8.42 Å². The van der Waals surface area contributed by atoms with Crippen LogP contribution in [-0.4, -0.2) is 15.0 Å². The van der Waals surface area contributed by atoms with E-state index in [-0.39, 0.29) is 0 Å². The summed E-state index contributed by atoms with van der Waals surface area (Å²) in [5.74, 6) is 0. The number of fused-ring (bicyclic) bond motifs is 1. The fourth-order valence-electron chi connectivity index (χ4n) is 2.66. The molecule has 5 heteroatoms. The number of nitrogens with zero attached hydrogens (tertiary/aromatic N) is 1. The zero-order chi connectivity index (χ0) is 14.9. The molecular formula is C16H16BrNO2S. The number of para-hydroxylation sites is 1. The Balaban J connectivity index is 2.11. The predicted octanol–water partition coefficient (Wildman–Crippen LogP) is 3.98. The number of hydrogen-bond acceptors (Lipinski definition) is 2. The normalized spacial score (nSPS) is 15.4. The fourth-order valence-corrected chi connectivity index (χ4v) is 4.80. The molecule has 0 N–H and O–H groups in total. The third kappa shape index (κ3) is 2.85. The van der Waals surface area contributed by atoms with Crippen LogP contribution in [0.25, 0.3) is 0 Å². The first-order valence-corrected chi connectivity index (χ1v) is 9.18. The number of anilines is 1. The Morgan fingerprint density at radius 3 is 2.62 bits per heavy atom. The van der Waals surface area contributed by atoms with Gasteiger partial charge in [-0.3, -0.25) is 4.31 Å². The van der Waals surface area contributed by atoms with E-state index in [2.05, 4.69) is 15.9 Å². The maximum Gasteiger partial charge on any atom is 0.264 e. The molecule has 0 saturated carbocycles. The van der Waals surface area contributed by atoms with Crippen LogP contribution in [0.1, 0.15) is 18.4 Å². The molecule has 3 nitrogen and oxygen atoms in total. The van der Waals surface area contributed by atoms with E-state index >= 15 is 0 Å². The highest BCUT2D eigenvalue weighted by Crippen LogP contribution is 2.31. The molecule has 2 aromatic carbocycles. The van der Waals surface area contributed by atoms with Crippen molar-refractivity contribution in [2.24, 2.45) is 0 Å². The summed E-state index contributed by atoms with van der Waals surface area (Å²) >= 11 is 3.34. The van der Waals surface area contributed by atoms with Crippen molar-refractivity contribution in [3.8, 4) is 0 Å². The zero-order valence-electron chi connectivity index (χ0n) is 11.5. The largest absolute Gasteiger partial charge is 0.266 e. The van der Waals surface area contributed by atoms with E-state index in [1.54, 1.807) is 22.5 Å². The van der Waals surface area contributed by atoms with Crippen LogP contribution in [0.2, 0.25) is 0 Å². The van der Waals surface area contributed by atoms with Gasteiger partial charge in [0, 0.05) is 11.0 Å². The molecule has 1 aliphatic heterocycles. The monoisotopic (exact) mass is 365 g/mol. The quantitative estimate of drug-likeness (QED) is 0.806. The van der Waals surface area contributed by atoms with E-state index in [0.29, 0.717) is 11.4 Å². The Kier molecular flexibility index (Phi) is 4.04. The molecule has 110 valence electrons. The molecule has 3 rings (SSSR count). The summed E-state index contributed by atoms with van der Waals surface area (Å²) in [4.78, 5) is 0.327. The molecule has 0 bridgehead atoms. The molecule has 0 fully saturated rings. The zero-order valence-corrected chi connectivity index (χ0v) is 13.9. The van der Waals surface area contributed by atoms with Crippen molar-refractivity contribution in [2.75, 3.05) is 10.8 Å². The molecule has 0 aliphatic carbocycles. The lowest BCUT2D eigenvalue weighted by molar-refractivity contribution is 0.589. The predicted molar refractivity (Wildman–Crippen MR) is 88.1 cm³/mol. The van der Waals surface area contributed by atoms with Gasteiger partial charge in [-0.25, -0.2) is 8.42 Å². The molecule has 0 spiro atoms. The number of hydrogen-bond donors (Lipinski definition) is 0. The summed E-state index contributed by atoms with van der Waals surface area (Å²) in [6.45, 7) is 0.534. The lowest BCUT2D eigenvalue weighted by Gasteiger charge is -2.24. The lowest BCUT2D eigenvalue weighted by Crippen LogP contribution is -2.31. The molecule has 0 amide bonds. The molecule has 1 heterocycles. The van der Waals surface area contributed by atoms with Crippen molar-refractivity contribution >= 4 is 31.6 Å². The Hall–Kier alpha value is -1.33. The van der Waals surface area contributed by atoms with Crippen LogP contribution in [0.5, 0.6) is 0 Å². The second-order valence-electron chi connectivity index (χ2n) is 5.12. The number of rotatable bonds is 2. The van der Waals surface area contributed by atoms with E-state index in [9.17, 15) is 8.42 Å². The summed E-state index contributed by atoms with van der Waals surface area (Å²) in [5, 5.41) is 0. The van der Waals surface area contributed by atoms with Gasteiger partial charge in [0.15, 0.2) is 0 Å². The van der Waals surface area contributed by atoms with Crippen molar-refractivity contribution in [1.29, 1.82) is 0 Å². The van der Waals surface area contributed by atoms with Crippen LogP contribution < -0.4 is 4.31 Å². The van der Waals surface area contributed by atoms with Gasteiger partial charge in [0.2, 0.25) is 0 Å². The average molecular weight is 366 g/mol. The average Bonchev–Trinajstić information content (AvgIpc) is 2.70. The smallest absolute Gasteiger partial charge is 0.264 e. The third-order valence-corrected chi connectivity index (χ3v) is 6.00. The molecule has 2 aromatic rings. The standard InChI is InChI=1S/C16H16BrNO2S/c17-14-8-5-9-15(12-14)21(19,20)18-11-4-3-7-13-6-1-2-10-16(13)18/h1-2,5-6,8-10,12H,3-4,7,11H2. The van der Waals surface area contributed by atoms with E-state index in [1.165, 1.54) is 0 Å². The SMILES string of the molecule is O=S(=O)(c1cccc(Br)c1)N1CCCCc2ccccc21. The summed E-state index contributed by atoms with van der Waals surface area (Å²) < 4.78 is 28.2. The summed E-state index contributed by atoms with van der Waals surface area (Å²) in [5.41, 5.74) is 1.92. The minimum Gasteiger partial charge on any atom is -0.266 e. The van der Waals surface area contributed by atoms with Gasteiger partial charge >= 0.3 is 0 Å². The van der Waals surface area contributed by atoms with Crippen LogP contribution in [0.3, 0.4) is 0 Å². The number of benzene rings is 2. The molecule has 0 atom stereocenters. The molecule has 0 radical (unpaired) electrons. The van der Waals surface area contributed by atoms with Crippen LogP contribution in [0.15, 0.2) is 57.9 Å². The van der Waals surface area contributed by atoms with Gasteiger partial charge in [0.05, 0.1) is 10.6 Å². The second kappa shape index (κ2) is 5.81. The van der Waals surface area contributed by atoms with Crippen LogP contribution in [0.4, 0.5) is 5.69 Å². The Morgan fingerprint density at radius 1 is 1.00 bits per heavy atom. The fraction of sp³-hybridized carbons (Fsp3) is 0.250. The van der Waals surface area contributed by atoms with Crippen LogP contribution in [-0.2, 0) is 16.4 Å². The first kappa shape index (κ1) is 14.6. The van der Waals surface area contributed by atoms with Crippen LogP contribution in [0, 0.1) is 0 Å². The number of halogens is 1. The molecule has 0 unspecified atom stereocenters. The van der Waals surface area contributed by atoms with E-state index < -0.39 is 10.0 Å². The maximum atomic E-state index is 13.0. The van der Waals surface area contributed by atoms with Crippen molar-refractivity contribution in [1.82, 2.24) is 0 Å². The maximum absolute atomic E-state index is 13.0. The molecule has 21 heavy (non-hydrogen) atoms. The number of sulfonamides is 1. The first-order valence-electron chi connectivity index (χ1n) is 6.95. The van der Waals surface area contributed by atoms with E-state index in [4.69, 9.17) is 0 Å². The highest BCUT2D eigenvalue weighted by Gasteiger charge is 2.27. The van der Waals surface area contributed by atoms with E-state index in [1.807, 2.05) is 30.3 Å². The lowest BCUT2D eigenvalue weighted by atomic mass is 10.1. The van der Waals surface area contributed by atoms with Gasteiger partial charge in [-0.2, -0.15) is 0 Å². The van der Waals surface area contributed by atoms with Gasteiger partial charge in [-0.15, -0.1) is 0 Å². The minimum atomic E-state index is -3.52. The summed E-state index contributed by atoms with van der Waals surface area (Å²) in [6, 6.07) is 14.7. The minimum absolute atomic E-state index is 0.327. The Morgan fingerprint density at radius 2 is 1.81 bits per heavy atom. The van der Waals surface area contributed by atoms with Gasteiger partial charge in [-0.05, 0) is 49.1 Å². The Labute approximate surface area is 133 Å². The highest BCUT2D eigenvalue weighted by atomic mass is 79.9. The van der Waals surface area contributed by atoms with Crippen LogP contribution >= 0.6 is 15.9 Å². The van der Waals surface area contributed by atoms with Gasteiger partial charge in [0.25, 0.3) is 10.0 Å². The molecule has 1 aliphatic rings. The molecular weight excluding hydrogens is 350 g/mol.